The largest absolute Gasteiger partial charge is 0.417 e. The lowest BCUT2D eigenvalue weighted by molar-refractivity contribution is -0.141. The summed E-state index contributed by atoms with van der Waals surface area (Å²) in [6.45, 7) is 3.64. The van der Waals surface area contributed by atoms with Crippen LogP contribution in [0.3, 0.4) is 0 Å². The highest BCUT2D eigenvalue weighted by molar-refractivity contribution is 5.97. The van der Waals surface area contributed by atoms with Gasteiger partial charge in [-0.15, -0.1) is 0 Å². The molecular weight excluding hydrogens is 490 g/mol. The van der Waals surface area contributed by atoms with E-state index in [1.54, 1.807) is 6.92 Å². The fourth-order valence-corrected chi connectivity index (χ4v) is 4.71. The first-order chi connectivity index (χ1) is 16.7. The Kier molecular flexibility index (Phi) is 6.93. The van der Waals surface area contributed by atoms with E-state index < -0.39 is 40.6 Å². The van der Waals surface area contributed by atoms with Crippen molar-refractivity contribution >= 4 is 5.91 Å². The first kappa shape index (κ1) is 26.5. The third kappa shape index (κ3) is 5.56. The lowest BCUT2D eigenvalue weighted by atomic mass is 9.99. The second-order valence-electron chi connectivity index (χ2n) is 9.84. The molecule has 1 saturated carbocycles. The number of aliphatic hydroxyl groups is 1. The van der Waals surface area contributed by atoms with Gasteiger partial charge in [-0.2, -0.15) is 26.3 Å². The Bertz CT molecular complexity index is 1130. The van der Waals surface area contributed by atoms with Crippen molar-refractivity contribution in [2.24, 2.45) is 5.92 Å². The molecule has 1 aromatic carbocycles. The number of carbonyl (C=O) groups excluding carboxylic acids is 1. The van der Waals surface area contributed by atoms with Gasteiger partial charge in [-0.1, -0.05) is 0 Å². The minimum absolute atomic E-state index is 0.0279. The predicted molar refractivity (Wildman–Crippen MR) is 119 cm³/mol. The number of ether oxygens (including phenoxy) is 1. The van der Waals surface area contributed by atoms with Crippen LogP contribution in [0.15, 0.2) is 24.3 Å². The average molecular weight is 518 g/mol. The Labute approximate surface area is 204 Å². The van der Waals surface area contributed by atoms with Gasteiger partial charge in [-0.3, -0.25) is 4.79 Å². The summed E-state index contributed by atoms with van der Waals surface area (Å²) in [4.78, 5) is 13.0. The van der Waals surface area contributed by atoms with Gasteiger partial charge in [0, 0.05) is 36.6 Å². The summed E-state index contributed by atoms with van der Waals surface area (Å²) in [6.07, 6.45) is -7.06. The summed E-state index contributed by atoms with van der Waals surface area (Å²) >= 11 is 0. The fraction of sp³-hybridized carbons (Fsp3) is 0.560. The molecule has 2 fully saturated rings. The van der Waals surface area contributed by atoms with Crippen LogP contribution in [0.1, 0.15) is 59.8 Å². The van der Waals surface area contributed by atoms with E-state index in [4.69, 9.17) is 4.74 Å². The lowest BCUT2D eigenvalue weighted by Gasteiger charge is -2.23. The maximum Gasteiger partial charge on any atom is 0.417 e. The summed E-state index contributed by atoms with van der Waals surface area (Å²) in [5.41, 5.74) is -4.07. The number of rotatable bonds is 7. The normalized spacial score (nSPS) is 20.4. The topological polar surface area (TPSA) is 63.5 Å². The quantitative estimate of drug-likeness (QED) is 0.471. The Hall–Kier alpha value is -2.53. The van der Waals surface area contributed by atoms with Crippen LogP contribution in [0.25, 0.3) is 11.3 Å². The zero-order valence-electron chi connectivity index (χ0n) is 19.9. The minimum Gasteiger partial charge on any atom is -0.388 e. The summed E-state index contributed by atoms with van der Waals surface area (Å²) in [5.74, 6) is -0.570. The lowest BCUT2D eigenvalue weighted by Crippen LogP contribution is -2.42. The highest BCUT2D eigenvalue weighted by Crippen LogP contribution is 2.42. The molecule has 2 N–H and O–H groups in total. The van der Waals surface area contributed by atoms with Crippen molar-refractivity contribution in [1.82, 2.24) is 9.88 Å². The molecular formula is C25H28F6N2O3. The smallest absolute Gasteiger partial charge is 0.388 e. The van der Waals surface area contributed by atoms with Gasteiger partial charge < -0.3 is 19.7 Å². The number of hydrogen-bond acceptors (Lipinski definition) is 3. The van der Waals surface area contributed by atoms with Crippen LogP contribution in [0.4, 0.5) is 26.3 Å². The molecule has 0 spiro atoms. The number of benzene rings is 1. The van der Waals surface area contributed by atoms with Crippen molar-refractivity contribution in [2.45, 2.75) is 70.1 Å². The zero-order chi connectivity index (χ0) is 26.5. The maximum atomic E-state index is 13.9. The number of nitrogens with one attached hydrogen (secondary N) is 1. The number of amides is 1. The van der Waals surface area contributed by atoms with Crippen LogP contribution in [0.5, 0.6) is 0 Å². The summed E-state index contributed by atoms with van der Waals surface area (Å²) in [7, 11) is 0. The molecule has 2 heterocycles. The Morgan fingerprint density at radius 1 is 1.11 bits per heavy atom. The van der Waals surface area contributed by atoms with Gasteiger partial charge in [-0.05, 0) is 69.7 Å². The maximum absolute atomic E-state index is 13.9. The monoisotopic (exact) mass is 518 g/mol. The molecule has 36 heavy (non-hydrogen) atoms. The molecule has 0 radical (unpaired) electrons. The van der Waals surface area contributed by atoms with Gasteiger partial charge in [0.15, 0.2) is 0 Å². The third-order valence-electron chi connectivity index (χ3n) is 7.01. The number of hydrogen-bond donors (Lipinski definition) is 2. The van der Waals surface area contributed by atoms with Gasteiger partial charge in [0.2, 0.25) is 0 Å². The molecule has 2 aliphatic rings. The van der Waals surface area contributed by atoms with E-state index in [0.717, 1.165) is 19.3 Å². The average Bonchev–Trinajstić information content (AvgIpc) is 3.45. The number of halogens is 6. The SMILES string of the molecule is Cc1c(C(=O)NCC(C)(O)C2CC2)cc(-c2cc(C(F)(F)F)ccc2C(F)(F)F)n1C[C@H]1CCCO1. The summed E-state index contributed by atoms with van der Waals surface area (Å²) < 4.78 is 89.0. The molecule has 2 atom stereocenters. The van der Waals surface area contributed by atoms with E-state index in [9.17, 15) is 36.2 Å². The van der Waals surface area contributed by atoms with Gasteiger partial charge in [0.05, 0.1) is 28.4 Å². The first-order valence-corrected chi connectivity index (χ1v) is 11.8. The molecule has 1 amide bonds. The molecule has 2 aromatic rings. The van der Waals surface area contributed by atoms with Crippen molar-refractivity contribution in [3.63, 3.8) is 0 Å². The van der Waals surface area contributed by atoms with Crippen LogP contribution in [-0.2, 0) is 23.6 Å². The minimum atomic E-state index is -4.92. The molecule has 5 nitrogen and oxygen atoms in total. The van der Waals surface area contributed by atoms with E-state index >= 15 is 0 Å². The van der Waals surface area contributed by atoms with Crippen LogP contribution < -0.4 is 5.32 Å². The standard InChI is InChI=1S/C25H28F6N2O3/c1-14-18(22(34)32-13-23(2,35)15-5-6-15)11-21(33(14)12-17-4-3-9-36-17)19-10-16(24(26,27)28)7-8-20(19)25(29,30)31/h7-8,10-11,15,17,35H,3-6,9,12-13H2,1-2H3,(H,32,34)/t17-,23?/m1/s1. The Balaban J connectivity index is 1.79. The van der Waals surface area contributed by atoms with E-state index in [1.165, 1.54) is 17.6 Å². The Morgan fingerprint density at radius 2 is 1.81 bits per heavy atom. The highest BCUT2D eigenvalue weighted by Gasteiger charge is 2.41. The molecule has 1 aliphatic carbocycles. The molecule has 4 rings (SSSR count). The molecule has 1 saturated heterocycles. The number of nitrogens with zero attached hydrogens (tertiary/aromatic N) is 1. The van der Waals surface area contributed by atoms with Crippen LogP contribution in [-0.4, -0.2) is 40.4 Å². The van der Waals surface area contributed by atoms with Crippen molar-refractivity contribution in [3.05, 3.63) is 46.6 Å². The zero-order valence-corrected chi connectivity index (χ0v) is 19.9. The van der Waals surface area contributed by atoms with Gasteiger partial charge in [0.25, 0.3) is 5.91 Å². The van der Waals surface area contributed by atoms with Gasteiger partial charge in [-0.25, -0.2) is 0 Å². The predicted octanol–water partition coefficient (Wildman–Crippen LogP) is 5.57. The van der Waals surface area contributed by atoms with E-state index in [0.29, 0.717) is 36.9 Å². The number of alkyl halides is 6. The second-order valence-corrected chi connectivity index (χ2v) is 9.84. The van der Waals surface area contributed by atoms with Gasteiger partial charge >= 0.3 is 12.4 Å². The Morgan fingerprint density at radius 3 is 2.36 bits per heavy atom. The van der Waals surface area contributed by atoms with Crippen molar-refractivity contribution < 1.29 is 41.0 Å². The molecule has 198 valence electrons. The highest BCUT2D eigenvalue weighted by atomic mass is 19.4. The summed E-state index contributed by atoms with van der Waals surface area (Å²) in [6, 6.07) is 2.49. The molecule has 1 aliphatic heterocycles. The molecule has 0 bridgehead atoms. The van der Waals surface area contributed by atoms with Crippen LogP contribution in [0, 0.1) is 12.8 Å². The van der Waals surface area contributed by atoms with Crippen molar-refractivity contribution in [3.8, 4) is 11.3 Å². The number of carbonyl (C=O) groups is 1. The van der Waals surface area contributed by atoms with Gasteiger partial charge in [0.1, 0.15) is 0 Å². The van der Waals surface area contributed by atoms with Crippen molar-refractivity contribution in [2.75, 3.05) is 13.2 Å². The van der Waals surface area contributed by atoms with E-state index in [-0.39, 0.29) is 36.4 Å². The number of aromatic nitrogens is 1. The molecule has 1 unspecified atom stereocenters. The van der Waals surface area contributed by atoms with Crippen LogP contribution in [0.2, 0.25) is 0 Å². The third-order valence-corrected chi connectivity index (χ3v) is 7.01. The molecule has 1 aromatic heterocycles. The van der Waals surface area contributed by atoms with E-state index in [1.807, 2.05) is 0 Å². The van der Waals surface area contributed by atoms with Crippen LogP contribution >= 0.6 is 0 Å². The van der Waals surface area contributed by atoms with E-state index in [2.05, 4.69) is 5.32 Å². The second kappa shape index (κ2) is 9.41. The fourth-order valence-electron chi connectivity index (χ4n) is 4.71. The first-order valence-electron chi connectivity index (χ1n) is 11.8. The molecule has 11 heteroatoms. The summed E-state index contributed by atoms with van der Waals surface area (Å²) in [5, 5.41) is 13.1. The van der Waals surface area contributed by atoms with Crippen molar-refractivity contribution in [1.29, 1.82) is 0 Å².